The number of halogens is 1. The van der Waals surface area contributed by atoms with Crippen molar-refractivity contribution >= 4 is 46.0 Å². The van der Waals surface area contributed by atoms with Crippen molar-refractivity contribution in [3.63, 3.8) is 0 Å². The number of ether oxygens (including phenoxy) is 2. The van der Waals surface area contributed by atoms with Crippen LogP contribution >= 0.6 is 24.0 Å². The van der Waals surface area contributed by atoms with Gasteiger partial charge in [-0.1, -0.05) is 42.2 Å². The molecule has 140 valence electrons. The van der Waals surface area contributed by atoms with Gasteiger partial charge >= 0.3 is 0 Å². The molecule has 0 unspecified atom stereocenters. The predicted molar refractivity (Wildman–Crippen MR) is 111 cm³/mol. The highest BCUT2D eigenvalue weighted by Gasteiger charge is 2.34. The molecule has 0 saturated carbocycles. The minimum absolute atomic E-state index is 0.157. The molecule has 1 aliphatic rings. The van der Waals surface area contributed by atoms with Crippen LogP contribution in [0.4, 0.5) is 10.1 Å². The first-order valence-corrected chi connectivity index (χ1v) is 9.69. The third-order valence-corrected chi connectivity index (χ3v) is 5.05. The Morgan fingerprint density at radius 2 is 1.81 bits per heavy atom. The third kappa shape index (κ3) is 4.14. The quantitative estimate of drug-likeness (QED) is 0.500. The van der Waals surface area contributed by atoms with Crippen LogP contribution in [-0.2, 0) is 4.79 Å². The largest absolute Gasteiger partial charge is 0.490 e. The van der Waals surface area contributed by atoms with Crippen molar-refractivity contribution in [3.8, 4) is 11.5 Å². The Labute approximate surface area is 167 Å². The van der Waals surface area contributed by atoms with Crippen LogP contribution in [0.15, 0.2) is 47.4 Å². The van der Waals surface area contributed by atoms with Gasteiger partial charge in [0.25, 0.3) is 5.91 Å². The molecule has 1 heterocycles. The van der Waals surface area contributed by atoms with E-state index in [2.05, 4.69) is 0 Å². The van der Waals surface area contributed by atoms with Gasteiger partial charge in [0.2, 0.25) is 0 Å². The van der Waals surface area contributed by atoms with Gasteiger partial charge in [0.1, 0.15) is 5.82 Å². The zero-order valence-corrected chi connectivity index (χ0v) is 16.5. The number of benzene rings is 2. The SMILES string of the molecule is CCOc1ccc(/C=C2\SC(=S)N(c3ccccc3F)C2=O)cc1OCC. The molecule has 3 rings (SSSR count). The van der Waals surface area contributed by atoms with Gasteiger partial charge in [-0.15, -0.1) is 0 Å². The molecule has 0 bridgehead atoms. The monoisotopic (exact) mass is 403 g/mol. The standard InChI is InChI=1S/C20H18FNO3S2/c1-3-24-16-10-9-13(11-17(16)25-4-2)12-18-19(23)22(20(26)27-18)15-8-6-5-7-14(15)21/h5-12H,3-4H2,1-2H3/b18-12-. The minimum atomic E-state index is -0.491. The number of carbonyl (C=O) groups is 1. The summed E-state index contributed by atoms with van der Waals surface area (Å²) in [7, 11) is 0. The molecular weight excluding hydrogens is 385 g/mol. The van der Waals surface area contributed by atoms with E-state index in [9.17, 15) is 9.18 Å². The van der Waals surface area contributed by atoms with Gasteiger partial charge in [0.15, 0.2) is 15.8 Å². The van der Waals surface area contributed by atoms with Crippen LogP contribution in [0.2, 0.25) is 0 Å². The van der Waals surface area contributed by atoms with Crippen LogP contribution in [0.5, 0.6) is 11.5 Å². The number of amides is 1. The van der Waals surface area contributed by atoms with Crippen molar-refractivity contribution in [1.82, 2.24) is 0 Å². The molecule has 27 heavy (non-hydrogen) atoms. The Morgan fingerprint density at radius 1 is 1.11 bits per heavy atom. The fourth-order valence-electron chi connectivity index (χ4n) is 2.62. The average Bonchev–Trinajstić information content (AvgIpc) is 2.92. The maximum Gasteiger partial charge on any atom is 0.270 e. The molecule has 0 radical (unpaired) electrons. The molecule has 0 N–H and O–H groups in total. The highest BCUT2D eigenvalue weighted by Crippen LogP contribution is 2.38. The maximum atomic E-state index is 14.1. The number of nitrogens with zero attached hydrogens (tertiary/aromatic N) is 1. The Bertz CT molecular complexity index is 914. The van der Waals surface area contributed by atoms with Gasteiger partial charge in [-0.05, 0) is 49.8 Å². The van der Waals surface area contributed by atoms with Crippen molar-refractivity contribution in [2.24, 2.45) is 0 Å². The molecule has 4 nitrogen and oxygen atoms in total. The van der Waals surface area contributed by atoms with Crippen molar-refractivity contribution < 1.29 is 18.7 Å². The van der Waals surface area contributed by atoms with Crippen LogP contribution in [0.25, 0.3) is 6.08 Å². The van der Waals surface area contributed by atoms with E-state index >= 15 is 0 Å². The molecule has 0 aliphatic carbocycles. The Balaban J connectivity index is 1.92. The first kappa shape index (κ1) is 19.4. The van der Waals surface area contributed by atoms with Gasteiger partial charge in [-0.25, -0.2) is 4.39 Å². The topological polar surface area (TPSA) is 38.8 Å². The zero-order valence-electron chi connectivity index (χ0n) is 14.9. The van der Waals surface area contributed by atoms with E-state index in [-0.39, 0.29) is 11.6 Å². The van der Waals surface area contributed by atoms with E-state index < -0.39 is 5.82 Å². The van der Waals surface area contributed by atoms with Crippen LogP contribution in [0, 0.1) is 5.82 Å². The van der Waals surface area contributed by atoms with Gasteiger partial charge in [0, 0.05) is 0 Å². The number of para-hydroxylation sites is 1. The summed E-state index contributed by atoms with van der Waals surface area (Å²) in [6, 6.07) is 11.5. The second-order valence-electron chi connectivity index (χ2n) is 5.54. The highest BCUT2D eigenvalue weighted by atomic mass is 32.2. The maximum absolute atomic E-state index is 14.1. The molecule has 0 aromatic heterocycles. The molecule has 0 spiro atoms. The summed E-state index contributed by atoms with van der Waals surface area (Å²) in [5, 5.41) is 0. The predicted octanol–water partition coefficient (Wildman–Crippen LogP) is 5.03. The number of thioether (sulfide) groups is 1. The average molecular weight is 404 g/mol. The van der Waals surface area contributed by atoms with Gasteiger partial charge in [-0.3, -0.25) is 9.69 Å². The molecule has 2 aromatic rings. The molecule has 7 heteroatoms. The van der Waals surface area contributed by atoms with E-state index in [1.54, 1.807) is 24.3 Å². The summed E-state index contributed by atoms with van der Waals surface area (Å²) < 4.78 is 25.6. The normalized spacial score (nSPS) is 15.5. The number of hydrogen-bond acceptors (Lipinski definition) is 5. The van der Waals surface area contributed by atoms with E-state index in [1.807, 2.05) is 26.0 Å². The number of thiocarbonyl (C=S) groups is 1. The summed E-state index contributed by atoms with van der Waals surface area (Å²) in [5.74, 6) is 0.421. The fourth-order valence-corrected chi connectivity index (χ4v) is 3.90. The van der Waals surface area contributed by atoms with E-state index in [0.29, 0.717) is 33.9 Å². The van der Waals surface area contributed by atoms with Crippen molar-refractivity contribution in [3.05, 3.63) is 58.8 Å². The zero-order chi connectivity index (χ0) is 19.4. The van der Waals surface area contributed by atoms with Crippen molar-refractivity contribution in [1.29, 1.82) is 0 Å². The fraction of sp³-hybridized carbons (Fsp3) is 0.200. The first-order valence-electron chi connectivity index (χ1n) is 8.47. The van der Waals surface area contributed by atoms with E-state index in [0.717, 1.165) is 17.3 Å². The molecule has 2 aromatic carbocycles. The van der Waals surface area contributed by atoms with Crippen LogP contribution < -0.4 is 14.4 Å². The molecule has 1 amide bonds. The second kappa shape index (κ2) is 8.54. The number of rotatable bonds is 6. The molecule has 1 fully saturated rings. The Hall–Kier alpha value is -2.38. The van der Waals surface area contributed by atoms with Crippen LogP contribution in [0.3, 0.4) is 0 Å². The molecule has 1 aliphatic heterocycles. The summed E-state index contributed by atoms with van der Waals surface area (Å²) in [6.45, 7) is 4.82. The summed E-state index contributed by atoms with van der Waals surface area (Å²) in [6.07, 6.45) is 1.72. The lowest BCUT2D eigenvalue weighted by atomic mass is 10.1. The summed E-state index contributed by atoms with van der Waals surface area (Å²) in [5.41, 5.74) is 0.932. The van der Waals surface area contributed by atoms with E-state index in [1.165, 1.54) is 17.0 Å². The van der Waals surface area contributed by atoms with E-state index in [4.69, 9.17) is 21.7 Å². The first-order chi connectivity index (χ1) is 13.0. The highest BCUT2D eigenvalue weighted by molar-refractivity contribution is 8.27. The lowest BCUT2D eigenvalue weighted by Gasteiger charge is -2.15. The smallest absolute Gasteiger partial charge is 0.270 e. The van der Waals surface area contributed by atoms with Crippen molar-refractivity contribution in [2.45, 2.75) is 13.8 Å². The van der Waals surface area contributed by atoms with Gasteiger partial charge in [0.05, 0.1) is 23.8 Å². The Morgan fingerprint density at radius 3 is 2.52 bits per heavy atom. The van der Waals surface area contributed by atoms with Gasteiger partial charge < -0.3 is 9.47 Å². The minimum Gasteiger partial charge on any atom is -0.490 e. The lowest BCUT2D eigenvalue weighted by molar-refractivity contribution is -0.113. The number of carbonyl (C=O) groups excluding carboxylic acids is 1. The van der Waals surface area contributed by atoms with Gasteiger partial charge in [-0.2, -0.15) is 0 Å². The summed E-state index contributed by atoms with van der Waals surface area (Å²) >= 11 is 6.44. The van der Waals surface area contributed by atoms with Crippen molar-refractivity contribution in [2.75, 3.05) is 18.1 Å². The second-order valence-corrected chi connectivity index (χ2v) is 7.22. The number of hydrogen-bond donors (Lipinski definition) is 0. The Kier molecular flexibility index (Phi) is 6.13. The molecule has 0 atom stereocenters. The van der Waals surface area contributed by atoms with Crippen LogP contribution in [-0.4, -0.2) is 23.4 Å². The lowest BCUT2D eigenvalue weighted by Crippen LogP contribution is -2.28. The number of anilines is 1. The molecular formula is C20H18FNO3S2. The third-order valence-electron chi connectivity index (χ3n) is 3.75. The summed E-state index contributed by atoms with van der Waals surface area (Å²) in [4.78, 5) is 14.4. The van der Waals surface area contributed by atoms with Crippen LogP contribution in [0.1, 0.15) is 19.4 Å². The molecule has 1 saturated heterocycles.